The normalized spacial score (nSPS) is 10.9. The van der Waals surface area contributed by atoms with E-state index in [9.17, 15) is 0 Å². The van der Waals surface area contributed by atoms with Crippen molar-refractivity contribution in [2.24, 2.45) is 0 Å². The molecule has 0 saturated heterocycles. The maximum Gasteiger partial charge on any atom is 0.202 e. The highest BCUT2D eigenvalue weighted by Gasteiger charge is 2.07. The van der Waals surface area contributed by atoms with Crippen LogP contribution in [0.3, 0.4) is 0 Å². The largest absolute Gasteiger partial charge is 0.361 e. The van der Waals surface area contributed by atoms with Gasteiger partial charge in [-0.15, -0.1) is 0 Å². The number of imidazole rings is 1. The number of aromatic amines is 1. The molecule has 0 unspecified atom stereocenters. The van der Waals surface area contributed by atoms with Gasteiger partial charge in [0.1, 0.15) is 5.82 Å². The van der Waals surface area contributed by atoms with E-state index in [-0.39, 0.29) is 0 Å². The molecule has 6 heteroatoms. The lowest BCUT2D eigenvalue weighted by atomic mass is 10.3. The summed E-state index contributed by atoms with van der Waals surface area (Å²) in [5.74, 6) is 1.70. The number of nitrogens with one attached hydrogen (secondary N) is 2. The maximum atomic E-state index is 4.51. The predicted octanol–water partition coefficient (Wildman–Crippen LogP) is 2.44. The summed E-state index contributed by atoms with van der Waals surface area (Å²) in [6.07, 6.45) is 0.635. The number of H-pyrrole nitrogens is 1. The van der Waals surface area contributed by atoms with Gasteiger partial charge < -0.3 is 10.3 Å². The van der Waals surface area contributed by atoms with Gasteiger partial charge in [0.05, 0.1) is 17.5 Å². The van der Waals surface area contributed by atoms with E-state index >= 15 is 0 Å². The highest BCUT2D eigenvalue weighted by molar-refractivity contribution is 7.09. The first-order valence-corrected chi connectivity index (χ1v) is 6.62. The maximum absolute atomic E-state index is 4.51. The summed E-state index contributed by atoms with van der Waals surface area (Å²) in [4.78, 5) is 12.2. The van der Waals surface area contributed by atoms with Crippen LogP contribution in [-0.2, 0) is 6.42 Å². The van der Waals surface area contributed by atoms with E-state index in [0.29, 0.717) is 6.42 Å². The molecule has 0 fully saturated rings. The molecular weight excluding hydrogens is 246 g/mol. The highest BCUT2D eigenvalue weighted by Crippen LogP contribution is 2.15. The minimum Gasteiger partial charge on any atom is -0.361 e. The number of benzene rings is 1. The number of nitrogens with zero attached hydrogens (tertiary/aromatic N) is 3. The Bertz CT molecular complexity index is 624. The Balaban J connectivity index is 1.82. The van der Waals surface area contributed by atoms with E-state index in [1.807, 2.05) is 31.2 Å². The number of anilines is 1. The van der Waals surface area contributed by atoms with Crippen LogP contribution in [0.5, 0.6) is 0 Å². The molecule has 5 nitrogen and oxygen atoms in total. The van der Waals surface area contributed by atoms with E-state index in [1.165, 1.54) is 11.5 Å². The zero-order valence-corrected chi connectivity index (χ0v) is 10.8. The Labute approximate surface area is 108 Å². The summed E-state index contributed by atoms with van der Waals surface area (Å²) in [5, 5.41) is 4.02. The van der Waals surface area contributed by atoms with E-state index in [0.717, 1.165) is 34.4 Å². The van der Waals surface area contributed by atoms with Crippen molar-refractivity contribution in [2.45, 2.75) is 13.3 Å². The molecule has 0 amide bonds. The number of rotatable bonds is 4. The van der Waals surface area contributed by atoms with Gasteiger partial charge in [-0.05, 0) is 19.1 Å². The average Bonchev–Trinajstić information content (AvgIpc) is 2.96. The Kier molecular flexibility index (Phi) is 2.93. The smallest absolute Gasteiger partial charge is 0.202 e. The molecule has 0 bridgehead atoms. The molecule has 2 N–H and O–H groups in total. The van der Waals surface area contributed by atoms with E-state index < -0.39 is 0 Å². The predicted molar refractivity (Wildman–Crippen MR) is 73.0 cm³/mol. The topological polar surface area (TPSA) is 66.5 Å². The Morgan fingerprint density at radius 3 is 3.00 bits per heavy atom. The monoisotopic (exact) mass is 259 g/mol. The second-order valence-corrected chi connectivity index (χ2v) is 4.68. The number of aromatic nitrogens is 4. The van der Waals surface area contributed by atoms with Crippen LogP contribution in [0.2, 0.25) is 0 Å². The Morgan fingerprint density at radius 1 is 1.28 bits per heavy atom. The molecule has 0 radical (unpaired) electrons. The fourth-order valence-electron chi connectivity index (χ4n) is 1.79. The SMILES string of the molecule is CCNc1nc(Cc2nc3ccccc3[nH]2)ns1. The van der Waals surface area contributed by atoms with E-state index in [2.05, 4.69) is 24.6 Å². The lowest BCUT2D eigenvalue weighted by Crippen LogP contribution is -1.97. The molecule has 0 atom stereocenters. The lowest BCUT2D eigenvalue weighted by Gasteiger charge is -1.92. The third-order valence-electron chi connectivity index (χ3n) is 2.56. The molecule has 0 aliphatic carbocycles. The number of hydrogen-bond donors (Lipinski definition) is 2. The van der Waals surface area contributed by atoms with Gasteiger partial charge in [-0.3, -0.25) is 0 Å². The van der Waals surface area contributed by atoms with Crippen molar-refractivity contribution in [3.05, 3.63) is 35.9 Å². The summed E-state index contributed by atoms with van der Waals surface area (Å²) in [5.41, 5.74) is 2.03. The molecule has 2 aromatic heterocycles. The van der Waals surface area contributed by atoms with Crippen LogP contribution in [0.4, 0.5) is 5.13 Å². The molecule has 3 rings (SSSR count). The molecule has 3 aromatic rings. The summed E-state index contributed by atoms with van der Waals surface area (Å²) >= 11 is 1.39. The van der Waals surface area contributed by atoms with Gasteiger partial charge in [0.15, 0.2) is 5.82 Å². The Hall–Kier alpha value is -1.95. The molecule has 0 aliphatic rings. The zero-order valence-electron chi connectivity index (χ0n) is 9.97. The van der Waals surface area contributed by atoms with Gasteiger partial charge in [-0.2, -0.15) is 4.37 Å². The first-order valence-electron chi connectivity index (χ1n) is 5.85. The quantitative estimate of drug-likeness (QED) is 0.755. The molecule has 2 heterocycles. The van der Waals surface area contributed by atoms with Crippen LogP contribution >= 0.6 is 11.5 Å². The second kappa shape index (κ2) is 4.73. The molecule has 0 saturated carbocycles. The second-order valence-electron chi connectivity index (χ2n) is 3.92. The van der Waals surface area contributed by atoms with Gasteiger partial charge in [-0.25, -0.2) is 9.97 Å². The first-order chi connectivity index (χ1) is 8.85. The number of hydrogen-bond acceptors (Lipinski definition) is 5. The molecule has 0 aliphatic heterocycles. The molecule has 18 heavy (non-hydrogen) atoms. The van der Waals surface area contributed by atoms with Gasteiger partial charge in [-0.1, -0.05) is 12.1 Å². The van der Waals surface area contributed by atoms with Gasteiger partial charge in [0.2, 0.25) is 5.13 Å². The average molecular weight is 259 g/mol. The van der Waals surface area contributed by atoms with Crippen LogP contribution in [0, 0.1) is 0 Å². The summed E-state index contributed by atoms with van der Waals surface area (Å²) in [6, 6.07) is 7.99. The molecule has 1 aromatic carbocycles. The van der Waals surface area contributed by atoms with E-state index in [4.69, 9.17) is 0 Å². The van der Waals surface area contributed by atoms with Gasteiger partial charge in [0, 0.05) is 18.1 Å². The standard InChI is InChI=1S/C12H13N5S/c1-2-13-12-16-11(17-18-12)7-10-14-8-5-3-4-6-9(8)15-10/h3-6H,2,7H2,1H3,(H,14,15)(H,13,16,17). The van der Waals surface area contributed by atoms with Crippen molar-refractivity contribution in [3.63, 3.8) is 0 Å². The fourth-order valence-corrected chi connectivity index (χ4v) is 2.44. The van der Waals surface area contributed by atoms with Crippen LogP contribution in [0.25, 0.3) is 11.0 Å². The van der Waals surface area contributed by atoms with E-state index in [1.54, 1.807) is 0 Å². The van der Waals surface area contributed by atoms with Crippen LogP contribution in [0.1, 0.15) is 18.6 Å². The van der Waals surface area contributed by atoms with Crippen LogP contribution in [-0.4, -0.2) is 25.9 Å². The van der Waals surface area contributed by atoms with Crippen molar-refractivity contribution < 1.29 is 0 Å². The van der Waals surface area contributed by atoms with Crippen molar-refractivity contribution in [3.8, 4) is 0 Å². The summed E-state index contributed by atoms with van der Waals surface area (Å²) in [6.45, 7) is 2.90. The zero-order chi connectivity index (χ0) is 12.4. The van der Waals surface area contributed by atoms with Crippen molar-refractivity contribution in [1.29, 1.82) is 0 Å². The lowest BCUT2D eigenvalue weighted by molar-refractivity contribution is 0.958. The summed E-state index contributed by atoms with van der Waals surface area (Å²) < 4.78 is 4.31. The first kappa shape index (κ1) is 11.2. The molecule has 92 valence electrons. The molecule has 0 spiro atoms. The van der Waals surface area contributed by atoms with Crippen molar-refractivity contribution >= 4 is 27.7 Å². The van der Waals surface area contributed by atoms with Crippen LogP contribution < -0.4 is 5.32 Å². The molecular formula is C12H13N5S. The van der Waals surface area contributed by atoms with Crippen LogP contribution in [0.15, 0.2) is 24.3 Å². The van der Waals surface area contributed by atoms with Crippen molar-refractivity contribution in [1.82, 2.24) is 19.3 Å². The summed E-state index contributed by atoms with van der Waals surface area (Å²) in [7, 11) is 0. The third-order valence-corrected chi connectivity index (χ3v) is 3.27. The minimum atomic E-state index is 0.635. The Morgan fingerprint density at radius 2 is 2.17 bits per heavy atom. The van der Waals surface area contributed by atoms with Gasteiger partial charge in [0.25, 0.3) is 0 Å². The van der Waals surface area contributed by atoms with Gasteiger partial charge >= 0.3 is 0 Å². The highest BCUT2D eigenvalue weighted by atomic mass is 32.1. The third kappa shape index (κ3) is 2.19. The number of para-hydroxylation sites is 2. The minimum absolute atomic E-state index is 0.635. The fraction of sp³-hybridized carbons (Fsp3) is 0.250. The van der Waals surface area contributed by atoms with Crippen molar-refractivity contribution in [2.75, 3.05) is 11.9 Å². The number of fused-ring (bicyclic) bond motifs is 1.